The van der Waals surface area contributed by atoms with Crippen LogP contribution in [0.4, 0.5) is 0 Å². The van der Waals surface area contributed by atoms with Gasteiger partial charge in [0.1, 0.15) is 0 Å². The van der Waals surface area contributed by atoms with Crippen molar-refractivity contribution in [3.05, 3.63) is 71.3 Å². The third kappa shape index (κ3) is 3.19. The molecule has 0 radical (unpaired) electrons. The van der Waals surface area contributed by atoms with Gasteiger partial charge in [-0.25, -0.2) is 0 Å². The van der Waals surface area contributed by atoms with Gasteiger partial charge in [-0.05, 0) is 60.9 Å². The van der Waals surface area contributed by atoms with Crippen molar-refractivity contribution in [2.24, 2.45) is 11.8 Å². The molecule has 4 heterocycles. The lowest BCUT2D eigenvalue weighted by Crippen LogP contribution is -2.49. The Labute approximate surface area is 162 Å². The first-order chi connectivity index (χ1) is 13.3. The van der Waals surface area contributed by atoms with Gasteiger partial charge in [-0.3, -0.25) is 4.79 Å². The van der Waals surface area contributed by atoms with E-state index in [4.69, 9.17) is 0 Å². The molecule has 4 aliphatic rings. The second-order valence-corrected chi connectivity index (χ2v) is 8.45. The van der Waals surface area contributed by atoms with Crippen LogP contribution in [0.25, 0.3) is 0 Å². The lowest BCUT2D eigenvalue weighted by Gasteiger charge is -2.46. The van der Waals surface area contributed by atoms with Gasteiger partial charge in [-0.1, -0.05) is 54.6 Å². The average molecular weight is 361 g/mol. The summed E-state index contributed by atoms with van der Waals surface area (Å²) in [5.74, 6) is 1.65. The van der Waals surface area contributed by atoms with Crippen LogP contribution in [0, 0.1) is 11.8 Å². The van der Waals surface area contributed by atoms with Crippen molar-refractivity contribution in [1.82, 2.24) is 9.80 Å². The fraction of sp³-hybridized carbons (Fsp3) is 0.458. The molecule has 0 aromatic heterocycles. The molecule has 2 aromatic rings. The molecular formula is C24H28N2O. The highest BCUT2D eigenvalue weighted by Gasteiger charge is 2.38. The van der Waals surface area contributed by atoms with E-state index in [1.54, 1.807) is 0 Å². The first-order valence-corrected chi connectivity index (χ1v) is 10.4. The molecule has 3 heteroatoms. The van der Waals surface area contributed by atoms with Gasteiger partial charge in [-0.2, -0.15) is 0 Å². The average Bonchev–Trinajstić information content (AvgIpc) is 2.74. The van der Waals surface area contributed by atoms with E-state index in [-0.39, 0.29) is 6.04 Å². The Morgan fingerprint density at radius 2 is 1.67 bits per heavy atom. The first-order valence-electron chi connectivity index (χ1n) is 10.4. The van der Waals surface area contributed by atoms with Gasteiger partial charge in [0.2, 0.25) is 5.91 Å². The zero-order valence-electron chi connectivity index (χ0n) is 15.9. The van der Waals surface area contributed by atoms with Crippen molar-refractivity contribution in [2.75, 3.05) is 26.2 Å². The summed E-state index contributed by atoms with van der Waals surface area (Å²) in [5, 5.41) is 0. The van der Waals surface area contributed by atoms with E-state index in [0.717, 1.165) is 25.4 Å². The van der Waals surface area contributed by atoms with Crippen LogP contribution in [0.15, 0.2) is 54.6 Å². The van der Waals surface area contributed by atoms with Gasteiger partial charge in [0.15, 0.2) is 0 Å². The van der Waals surface area contributed by atoms with E-state index < -0.39 is 0 Å². The van der Waals surface area contributed by atoms with E-state index in [1.165, 1.54) is 42.6 Å². The van der Waals surface area contributed by atoms with Crippen molar-refractivity contribution < 1.29 is 4.79 Å². The molecule has 4 aliphatic heterocycles. The number of hydrogen-bond acceptors (Lipinski definition) is 2. The number of amides is 1. The number of carbonyl (C=O) groups excluding carboxylic acids is 1. The van der Waals surface area contributed by atoms with E-state index in [9.17, 15) is 4.79 Å². The minimum Gasteiger partial charge on any atom is -0.331 e. The van der Waals surface area contributed by atoms with Gasteiger partial charge >= 0.3 is 0 Å². The van der Waals surface area contributed by atoms with E-state index in [2.05, 4.69) is 64.4 Å². The molecular weight excluding hydrogens is 332 g/mol. The monoisotopic (exact) mass is 360 g/mol. The minimum atomic E-state index is 0.0599. The van der Waals surface area contributed by atoms with E-state index in [1.807, 2.05) is 0 Å². The molecule has 2 atom stereocenters. The van der Waals surface area contributed by atoms with Crippen LogP contribution >= 0.6 is 0 Å². The number of rotatable bonds is 3. The van der Waals surface area contributed by atoms with E-state index >= 15 is 0 Å². The quantitative estimate of drug-likeness (QED) is 0.829. The summed E-state index contributed by atoms with van der Waals surface area (Å²) in [4.78, 5) is 18.2. The standard InChI is InChI=1S/C24H28N2O/c27-23(16-21-17-25-13-10-18(21)11-14-25)26-15-12-19-6-4-5-9-22(19)24(26)20-7-2-1-3-8-20/h1-9,18,21,24H,10-17H2/t21-,24+/m0/s1. The summed E-state index contributed by atoms with van der Waals surface area (Å²) >= 11 is 0. The zero-order valence-corrected chi connectivity index (χ0v) is 15.9. The van der Waals surface area contributed by atoms with E-state index in [0.29, 0.717) is 18.2 Å². The molecule has 3 saturated heterocycles. The summed E-state index contributed by atoms with van der Waals surface area (Å²) in [7, 11) is 0. The zero-order chi connectivity index (χ0) is 18.2. The van der Waals surface area contributed by atoms with Gasteiger partial charge in [0, 0.05) is 19.5 Å². The van der Waals surface area contributed by atoms with Gasteiger partial charge in [-0.15, -0.1) is 0 Å². The molecule has 0 spiro atoms. The van der Waals surface area contributed by atoms with Crippen LogP contribution < -0.4 is 0 Å². The normalized spacial score (nSPS) is 29.4. The van der Waals surface area contributed by atoms with Crippen molar-refractivity contribution >= 4 is 5.91 Å². The highest BCUT2D eigenvalue weighted by molar-refractivity contribution is 5.78. The lowest BCUT2D eigenvalue weighted by molar-refractivity contribution is -0.136. The largest absolute Gasteiger partial charge is 0.331 e. The predicted octanol–water partition coefficient (Wildman–Crippen LogP) is 3.89. The summed E-state index contributed by atoms with van der Waals surface area (Å²) in [6.07, 6.45) is 4.24. The first kappa shape index (κ1) is 17.0. The van der Waals surface area contributed by atoms with Gasteiger partial charge < -0.3 is 9.80 Å². The molecule has 0 aliphatic carbocycles. The molecule has 0 N–H and O–H groups in total. The molecule has 1 amide bonds. The molecule has 140 valence electrons. The highest BCUT2D eigenvalue weighted by Crippen LogP contribution is 2.38. The number of benzene rings is 2. The minimum absolute atomic E-state index is 0.0599. The molecule has 2 aromatic carbocycles. The fourth-order valence-electron chi connectivity index (χ4n) is 5.49. The molecule has 0 unspecified atom stereocenters. The summed E-state index contributed by atoms with van der Waals surface area (Å²) in [6.45, 7) is 4.42. The predicted molar refractivity (Wildman–Crippen MR) is 107 cm³/mol. The number of fused-ring (bicyclic) bond motifs is 4. The Kier molecular flexibility index (Phi) is 4.48. The Morgan fingerprint density at radius 1 is 0.926 bits per heavy atom. The number of nitrogens with zero attached hydrogens (tertiary/aromatic N) is 2. The fourth-order valence-corrected chi connectivity index (χ4v) is 5.49. The SMILES string of the molecule is O=C(C[C@H]1CN2CCC1CC2)N1CCc2ccccc2[C@H]1c1ccccc1. The van der Waals surface area contributed by atoms with Gasteiger partial charge in [0.25, 0.3) is 0 Å². The van der Waals surface area contributed by atoms with Crippen molar-refractivity contribution in [2.45, 2.75) is 31.7 Å². The van der Waals surface area contributed by atoms with Crippen molar-refractivity contribution in [3.63, 3.8) is 0 Å². The maximum absolute atomic E-state index is 13.4. The topological polar surface area (TPSA) is 23.6 Å². The summed E-state index contributed by atoms with van der Waals surface area (Å²) < 4.78 is 0. The molecule has 3 nitrogen and oxygen atoms in total. The Morgan fingerprint density at radius 3 is 2.41 bits per heavy atom. The maximum Gasteiger partial charge on any atom is 0.223 e. The lowest BCUT2D eigenvalue weighted by atomic mass is 9.77. The van der Waals surface area contributed by atoms with Gasteiger partial charge in [0.05, 0.1) is 6.04 Å². The van der Waals surface area contributed by atoms with Crippen LogP contribution in [0.3, 0.4) is 0 Å². The van der Waals surface area contributed by atoms with Crippen LogP contribution in [-0.2, 0) is 11.2 Å². The smallest absolute Gasteiger partial charge is 0.223 e. The van der Waals surface area contributed by atoms with Crippen LogP contribution in [-0.4, -0.2) is 41.9 Å². The molecule has 6 rings (SSSR count). The van der Waals surface area contributed by atoms with Crippen LogP contribution in [0.2, 0.25) is 0 Å². The molecule has 0 saturated carbocycles. The summed E-state index contributed by atoms with van der Waals surface area (Å²) in [6, 6.07) is 19.3. The number of hydrogen-bond donors (Lipinski definition) is 0. The Hall–Kier alpha value is -2.13. The third-order valence-corrected chi connectivity index (χ3v) is 6.95. The van der Waals surface area contributed by atoms with Crippen LogP contribution in [0.1, 0.15) is 42.0 Å². The maximum atomic E-state index is 13.4. The van der Waals surface area contributed by atoms with Crippen molar-refractivity contribution in [1.29, 1.82) is 0 Å². The Bertz CT molecular complexity index is 810. The van der Waals surface area contributed by atoms with Crippen molar-refractivity contribution in [3.8, 4) is 0 Å². The number of piperidine rings is 3. The summed E-state index contributed by atoms with van der Waals surface area (Å²) in [5.41, 5.74) is 3.92. The second-order valence-electron chi connectivity index (χ2n) is 8.45. The molecule has 27 heavy (non-hydrogen) atoms. The second kappa shape index (κ2) is 7.12. The van der Waals surface area contributed by atoms with Crippen LogP contribution in [0.5, 0.6) is 0 Å². The molecule has 3 fully saturated rings. The molecule has 2 bridgehead atoms. The highest BCUT2D eigenvalue weighted by atomic mass is 16.2. The number of carbonyl (C=O) groups is 1. The third-order valence-electron chi connectivity index (χ3n) is 6.95. The Balaban J connectivity index is 1.43.